The molecule has 0 amide bonds. The molecule has 0 saturated heterocycles. The summed E-state index contributed by atoms with van der Waals surface area (Å²) in [6.07, 6.45) is 8.37. The van der Waals surface area contributed by atoms with Crippen LogP contribution in [0.3, 0.4) is 0 Å². The van der Waals surface area contributed by atoms with Crippen molar-refractivity contribution in [2.45, 2.75) is 64.5 Å². The van der Waals surface area contributed by atoms with Gasteiger partial charge in [-0.05, 0) is 49.3 Å². The summed E-state index contributed by atoms with van der Waals surface area (Å²) in [5.74, 6) is 3.95. The lowest BCUT2D eigenvalue weighted by atomic mass is 9.80. The zero-order valence-corrected chi connectivity index (χ0v) is 12.8. The van der Waals surface area contributed by atoms with Crippen LogP contribution in [-0.2, 0) is 0 Å². The molecule has 1 nitrogen and oxygen atoms in total. The van der Waals surface area contributed by atoms with Gasteiger partial charge in [-0.1, -0.05) is 40.0 Å². The van der Waals surface area contributed by atoms with Gasteiger partial charge in [0, 0.05) is 5.25 Å². The maximum atomic E-state index is 5.93. The van der Waals surface area contributed by atoms with Gasteiger partial charge in [0.05, 0.1) is 0 Å². The fraction of sp³-hybridized carbons (Fsp3) is 1.00. The second kappa shape index (κ2) is 8.42. The van der Waals surface area contributed by atoms with Crippen LogP contribution in [0.25, 0.3) is 0 Å². The Labute approximate surface area is 112 Å². The third-order valence-electron chi connectivity index (χ3n) is 4.06. The Balaban J connectivity index is 2.34. The second-order valence-electron chi connectivity index (χ2n) is 6.06. The smallest absolute Gasteiger partial charge is 0.00899 e. The minimum absolute atomic E-state index is 0.792. The fourth-order valence-corrected chi connectivity index (χ4v) is 4.71. The molecule has 17 heavy (non-hydrogen) atoms. The molecule has 0 aromatic carbocycles. The summed E-state index contributed by atoms with van der Waals surface area (Å²) in [5, 5.41) is 0.851. The summed E-state index contributed by atoms with van der Waals surface area (Å²) in [4.78, 5) is 0. The number of hydrogen-bond donors (Lipinski definition) is 1. The first-order valence-electron chi connectivity index (χ1n) is 7.49. The maximum absolute atomic E-state index is 5.93. The van der Waals surface area contributed by atoms with E-state index in [4.69, 9.17) is 5.73 Å². The van der Waals surface area contributed by atoms with Crippen LogP contribution in [0.5, 0.6) is 0 Å². The van der Waals surface area contributed by atoms with Crippen LogP contribution in [0.1, 0.15) is 59.3 Å². The van der Waals surface area contributed by atoms with Gasteiger partial charge in [0.1, 0.15) is 0 Å². The summed E-state index contributed by atoms with van der Waals surface area (Å²) in [6.45, 7) is 7.86. The Morgan fingerprint density at radius 1 is 1.29 bits per heavy atom. The van der Waals surface area contributed by atoms with E-state index < -0.39 is 0 Å². The van der Waals surface area contributed by atoms with Crippen molar-refractivity contribution in [3.05, 3.63) is 0 Å². The van der Waals surface area contributed by atoms with Gasteiger partial charge < -0.3 is 5.73 Å². The average molecular weight is 257 g/mol. The SMILES string of the molecule is CCCC1CCC(CN)C(SCCC(C)C)C1. The molecule has 3 unspecified atom stereocenters. The second-order valence-corrected chi connectivity index (χ2v) is 7.40. The Hall–Kier alpha value is 0.310. The highest BCUT2D eigenvalue weighted by Crippen LogP contribution is 2.38. The molecule has 1 aliphatic rings. The molecule has 102 valence electrons. The molecule has 0 bridgehead atoms. The van der Waals surface area contributed by atoms with Crippen LogP contribution in [0, 0.1) is 17.8 Å². The van der Waals surface area contributed by atoms with E-state index in [0.717, 1.165) is 29.5 Å². The van der Waals surface area contributed by atoms with Crippen molar-refractivity contribution in [2.24, 2.45) is 23.5 Å². The summed E-state index contributed by atoms with van der Waals surface area (Å²) in [6, 6.07) is 0. The highest BCUT2D eigenvalue weighted by molar-refractivity contribution is 7.99. The first-order chi connectivity index (χ1) is 8.17. The molecule has 0 spiro atoms. The van der Waals surface area contributed by atoms with Gasteiger partial charge in [-0.25, -0.2) is 0 Å². The lowest BCUT2D eigenvalue weighted by molar-refractivity contribution is 0.276. The molecule has 2 N–H and O–H groups in total. The van der Waals surface area contributed by atoms with Gasteiger partial charge in [0.15, 0.2) is 0 Å². The maximum Gasteiger partial charge on any atom is 0.00899 e. The van der Waals surface area contributed by atoms with Crippen molar-refractivity contribution in [1.82, 2.24) is 0 Å². The third-order valence-corrected chi connectivity index (χ3v) is 5.54. The van der Waals surface area contributed by atoms with Crippen molar-refractivity contribution in [3.63, 3.8) is 0 Å². The number of hydrogen-bond acceptors (Lipinski definition) is 2. The highest BCUT2D eigenvalue weighted by Gasteiger charge is 2.29. The van der Waals surface area contributed by atoms with Crippen molar-refractivity contribution >= 4 is 11.8 Å². The lowest BCUT2D eigenvalue weighted by Gasteiger charge is -2.35. The van der Waals surface area contributed by atoms with Crippen LogP contribution in [0.2, 0.25) is 0 Å². The van der Waals surface area contributed by atoms with Crippen molar-refractivity contribution in [3.8, 4) is 0 Å². The molecule has 3 atom stereocenters. The molecule has 0 aromatic heterocycles. The van der Waals surface area contributed by atoms with E-state index in [1.54, 1.807) is 0 Å². The zero-order valence-electron chi connectivity index (χ0n) is 12.0. The minimum Gasteiger partial charge on any atom is -0.330 e. The van der Waals surface area contributed by atoms with E-state index in [1.165, 1.54) is 44.3 Å². The average Bonchev–Trinajstić information content (AvgIpc) is 2.29. The van der Waals surface area contributed by atoms with Crippen molar-refractivity contribution in [1.29, 1.82) is 0 Å². The molecular formula is C15H31NS. The zero-order chi connectivity index (χ0) is 12.7. The van der Waals surface area contributed by atoms with Gasteiger partial charge in [-0.15, -0.1) is 0 Å². The van der Waals surface area contributed by atoms with E-state index in [1.807, 2.05) is 0 Å². The highest BCUT2D eigenvalue weighted by atomic mass is 32.2. The largest absolute Gasteiger partial charge is 0.330 e. The number of thioether (sulfide) groups is 1. The van der Waals surface area contributed by atoms with Crippen LogP contribution in [0.15, 0.2) is 0 Å². The van der Waals surface area contributed by atoms with Gasteiger partial charge in [0.25, 0.3) is 0 Å². The van der Waals surface area contributed by atoms with Crippen LogP contribution in [0.4, 0.5) is 0 Å². The molecule has 0 aromatic rings. The summed E-state index contributed by atoms with van der Waals surface area (Å²) in [7, 11) is 0. The van der Waals surface area contributed by atoms with E-state index in [0.29, 0.717) is 0 Å². The summed E-state index contributed by atoms with van der Waals surface area (Å²) in [5.41, 5.74) is 5.93. The van der Waals surface area contributed by atoms with Crippen LogP contribution in [-0.4, -0.2) is 17.5 Å². The molecule has 0 aliphatic heterocycles. The standard InChI is InChI=1S/C15H31NS/c1-4-5-13-6-7-14(11-16)15(10-13)17-9-8-12(2)3/h12-15H,4-11,16H2,1-3H3. The Kier molecular flexibility index (Phi) is 7.61. The van der Waals surface area contributed by atoms with E-state index in [-0.39, 0.29) is 0 Å². The fourth-order valence-electron chi connectivity index (χ4n) is 2.87. The van der Waals surface area contributed by atoms with Gasteiger partial charge in [-0.3, -0.25) is 0 Å². The quantitative estimate of drug-likeness (QED) is 0.735. The third kappa shape index (κ3) is 5.65. The van der Waals surface area contributed by atoms with Crippen molar-refractivity contribution in [2.75, 3.05) is 12.3 Å². The molecule has 1 rings (SSSR count). The van der Waals surface area contributed by atoms with Gasteiger partial charge in [-0.2, -0.15) is 11.8 Å². The lowest BCUT2D eigenvalue weighted by Crippen LogP contribution is -2.32. The predicted molar refractivity (Wildman–Crippen MR) is 80.5 cm³/mol. The molecule has 1 saturated carbocycles. The van der Waals surface area contributed by atoms with Gasteiger partial charge >= 0.3 is 0 Å². The molecule has 0 radical (unpaired) electrons. The summed E-state index contributed by atoms with van der Waals surface area (Å²) >= 11 is 2.21. The Morgan fingerprint density at radius 2 is 2.06 bits per heavy atom. The Morgan fingerprint density at radius 3 is 2.65 bits per heavy atom. The van der Waals surface area contributed by atoms with E-state index in [9.17, 15) is 0 Å². The molecule has 1 aliphatic carbocycles. The number of rotatable bonds is 7. The molecule has 0 heterocycles. The number of nitrogens with two attached hydrogens (primary N) is 1. The predicted octanol–water partition coefficient (Wildman–Crippen LogP) is 4.31. The van der Waals surface area contributed by atoms with E-state index >= 15 is 0 Å². The van der Waals surface area contributed by atoms with Crippen LogP contribution >= 0.6 is 11.8 Å². The first-order valence-corrected chi connectivity index (χ1v) is 8.53. The topological polar surface area (TPSA) is 26.0 Å². The minimum atomic E-state index is 0.792. The molecule has 1 fully saturated rings. The monoisotopic (exact) mass is 257 g/mol. The van der Waals surface area contributed by atoms with Crippen LogP contribution < -0.4 is 5.73 Å². The summed E-state index contributed by atoms with van der Waals surface area (Å²) < 4.78 is 0. The van der Waals surface area contributed by atoms with Crippen molar-refractivity contribution < 1.29 is 0 Å². The van der Waals surface area contributed by atoms with Gasteiger partial charge in [0.2, 0.25) is 0 Å². The normalized spacial score (nSPS) is 29.8. The Bertz CT molecular complexity index is 193. The van der Waals surface area contributed by atoms with E-state index in [2.05, 4.69) is 32.5 Å². The molecule has 2 heteroatoms. The first kappa shape index (κ1) is 15.4. The molecular weight excluding hydrogens is 226 g/mol.